The van der Waals surface area contributed by atoms with Gasteiger partial charge in [-0.3, -0.25) is 0 Å². The van der Waals surface area contributed by atoms with Crippen molar-refractivity contribution in [2.75, 3.05) is 0 Å². The van der Waals surface area contributed by atoms with Gasteiger partial charge in [-0.2, -0.15) is 22.0 Å². The van der Waals surface area contributed by atoms with Gasteiger partial charge >= 0.3 is 0 Å². The zero-order chi connectivity index (χ0) is 13.8. The molecule has 0 amide bonds. The first-order valence-electron chi connectivity index (χ1n) is 6.88. The predicted octanol–water partition coefficient (Wildman–Crippen LogP) is 3.50. The van der Waals surface area contributed by atoms with E-state index in [4.69, 9.17) is 9.78 Å². The SMILES string of the molecule is N#Cc1c[nH]c(-c2nc(CSC3CCCCC3)no2)c1. The minimum absolute atomic E-state index is 0.450. The summed E-state index contributed by atoms with van der Waals surface area (Å²) >= 11 is 1.92. The van der Waals surface area contributed by atoms with Crippen LogP contribution < -0.4 is 0 Å². The Labute approximate surface area is 121 Å². The fourth-order valence-electron chi connectivity index (χ4n) is 2.43. The molecule has 0 bridgehead atoms. The summed E-state index contributed by atoms with van der Waals surface area (Å²) in [6.45, 7) is 0. The van der Waals surface area contributed by atoms with E-state index in [0.717, 1.165) is 16.8 Å². The summed E-state index contributed by atoms with van der Waals surface area (Å²) in [4.78, 5) is 7.34. The molecule has 6 heteroatoms. The molecule has 2 heterocycles. The largest absolute Gasteiger partial charge is 0.356 e. The Bertz CT molecular complexity index is 607. The number of hydrogen-bond acceptors (Lipinski definition) is 5. The molecule has 20 heavy (non-hydrogen) atoms. The molecule has 0 atom stereocenters. The Hall–Kier alpha value is -1.74. The van der Waals surface area contributed by atoms with Crippen molar-refractivity contribution < 1.29 is 4.52 Å². The number of rotatable bonds is 4. The lowest BCUT2D eigenvalue weighted by Gasteiger charge is -2.19. The molecular weight excluding hydrogens is 272 g/mol. The Morgan fingerprint density at radius 2 is 2.25 bits per heavy atom. The Balaban J connectivity index is 1.60. The van der Waals surface area contributed by atoms with Crippen molar-refractivity contribution >= 4 is 11.8 Å². The van der Waals surface area contributed by atoms with Crippen molar-refractivity contribution in [2.45, 2.75) is 43.1 Å². The number of aromatic nitrogens is 3. The van der Waals surface area contributed by atoms with Crippen molar-refractivity contribution in [3.05, 3.63) is 23.7 Å². The van der Waals surface area contributed by atoms with E-state index in [2.05, 4.69) is 21.2 Å². The molecule has 1 aliphatic rings. The van der Waals surface area contributed by atoms with E-state index < -0.39 is 0 Å². The third kappa shape index (κ3) is 3.05. The Morgan fingerprint density at radius 1 is 1.40 bits per heavy atom. The van der Waals surface area contributed by atoms with Gasteiger partial charge in [0.05, 0.1) is 11.3 Å². The van der Waals surface area contributed by atoms with E-state index in [9.17, 15) is 0 Å². The smallest absolute Gasteiger partial charge is 0.274 e. The number of hydrogen-bond donors (Lipinski definition) is 1. The highest BCUT2D eigenvalue weighted by atomic mass is 32.2. The lowest BCUT2D eigenvalue weighted by atomic mass is 10.0. The predicted molar refractivity (Wildman–Crippen MR) is 77.0 cm³/mol. The van der Waals surface area contributed by atoms with Crippen molar-refractivity contribution in [3.63, 3.8) is 0 Å². The molecule has 3 rings (SSSR count). The first-order chi connectivity index (χ1) is 9.85. The number of nitrogens with one attached hydrogen (secondary N) is 1. The lowest BCUT2D eigenvalue weighted by molar-refractivity contribution is 0.424. The van der Waals surface area contributed by atoms with E-state index in [1.54, 1.807) is 12.3 Å². The molecule has 1 saturated carbocycles. The maximum absolute atomic E-state index is 8.79. The molecule has 0 aliphatic heterocycles. The molecule has 0 radical (unpaired) electrons. The van der Waals surface area contributed by atoms with Crippen LogP contribution in [-0.4, -0.2) is 20.4 Å². The first-order valence-corrected chi connectivity index (χ1v) is 7.93. The maximum Gasteiger partial charge on any atom is 0.274 e. The summed E-state index contributed by atoms with van der Waals surface area (Å²) in [5, 5.41) is 13.5. The minimum atomic E-state index is 0.450. The average Bonchev–Trinajstić information content (AvgIpc) is 3.15. The third-order valence-corrected chi connectivity index (χ3v) is 4.88. The summed E-state index contributed by atoms with van der Waals surface area (Å²) < 4.78 is 5.23. The van der Waals surface area contributed by atoms with Crippen LogP contribution in [0.25, 0.3) is 11.6 Å². The monoisotopic (exact) mass is 288 g/mol. The first kappa shape index (κ1) is 13.3. The van der Waals surface area contributed by atoms with Crippen LogP contribution in [0, 0.1) is 11.3 Å². The fraction of sp³-hybridized carbons (Fsp3) is 0.500. The van der Waals surface area contributed by atoms with E-state index >= 15 is 0 Å². The van der Waals surface area contributed by atoms with Crippen molar-refractivity contribution in [2.24, 2.45) is 0 Å². The van der Waals surface area contributed by atoms with Crippen molar-refractivity contribution in [1.82, 2.24) is 15.1 Å². The van der Waals surface area contributed by atoms with E-state index in [1.165, 1.54) is 32.1 Å². The van der Waals surface area contributed by atoms with Crippen LogP contribution in [0.3, 0.4) is 0 Å². The van der Waals surface area contributed by atoms with E-state index in [0.29, 0.717) is 17.1 Å². The number of thioether (sulfide) groups is 1. The molecule has 0 spiro atoms. The molecule has 2 aromatic rings. The van der Waals surface area contributed by atoms with Gasteiger partial charge in [0.2, 0.25) is 0 Å². The van der Waals surface area contributed by atoms with E-state index in [-0.39, 0.29) is 0 Å². The summed E-state index contributed by atoms with van der Waals surface area (Å²) in [6, 6.07) is 3.78. The number of H-pyrrole nitrogens is 1. The molecule has 2 aromatic heterocycles. The minimum Gasteiger partial charge on any atom is -0.356 e. The molecule has 0 aromatic carbocycles. The summed E-state index contributed by atoms with van der Waals surface area (Å²) in [7, 11) is 0. The van der Waals surface area contributed by atoms with Gasteiger partial charge in [0.15, 0.2) is 5.82 Å². The van der Waals surface area contributed by atoms with Crippen LogP contribution in [0.2, 0.25) is 0 Å². The van der Waals surface area contributed by atoms with Crippen LogP contribution >= 0.6 is 11.8 Å². The Morgan fingerprint density at radius 3 is 3.00 bits per heavy atom. The van der Waals surface area contributed by atoms with Crippen molar-refractivity contribution in [3.8, 4) is 17.7 Å². The van der Waals surface area contributed by atoms with Crippen LogP contribution in [0.5, 0.6) is 0 Å². The average molecular weight is 288 g/mol. The van der Waals surface area contributed by atoms with Gasteiger partial charge in [0.1, 0.15) is 11.8 Å². The normalized spacial score (nSPS) is 16.1. The lowest BCUT2D eigenvalue weighted by Crippen LogP contribution is -2.08. The fourth-order valence-corrected chi connectivity index (χ4v) is 3.60. The second-order valence-electron chi connectivity index (χ2n) is 5.00. The highest BCUT2D eigenvalue weighted by Gasteiger charge is 2.16. The number of aromatic amines is 1. The maximum atomic E-state index is 8.79. The highest BCUT2D eigenvalue weighted by molar-refractivity contribution is 7.99. The molecule has 1 aliphatic carbocycles. The van der Waals surface area contributed by atoms with Gasteiger partial charge in [0, 0.05) is 11.4 Å². The van der Waals surface area contributed by atoms with Gasteiger partial charge in [-0.25, -0.2) is 0 Å². The summed E-state index contributed by atoms with van der Waals surface area (Å²) in [5.74, 6) is 1.97. The summed E-state index contributed by atoms with van der Waals surface area (Å²) in [5.41, 5.74) is 1.26. The zero-order valence-electron chi connectivity index (χ0n) is 11.1. The quantitative estimate of drug-likeness (QED) is 0.931. The standard InChI is InChI=1S/C14H16N4OS/c15-7-10-6-12(16-8-10)14-17-13(18-19-14)9-20-11-4-2-1-3-5-11/h6,8,11,16H,1-5,9H2. The van der Waals surface area contributed by atoms with Gasteiger partial charge in [-0.1, -0.05) is 24.4 Å². The van der Waals surface area contributed by atoms with Gasteiger partial charge in [0.25, 0.3) is 5.89 Å². The molecular formula is C14H16N4OS. The zero-order valence-corrected chi connectivity index (χ0v) is 11.9. The highest BCUT2D eigenvalue weighted by Crippen LogP contribution is 2.30. The third-order valence-electron chi connectivity index (χ3n) is 3.51. The van der Waals surface area contributed by atoms with Gasteiger partial charge in [-0.05, 0) is 18.9 Å². The van der Waals surface area contributed by atoms with Crippen LogP contribution in [-0.2, 0) is 5.75 Å². The molecule has 5 nitrogen and oxygen atoms in total. The summed E-state index contributed by atoms with van der Waals surface area (Å²) in [6.07, 6.45) is 8.30. The Kier molecular flexibility index (Phi) is 4.07. The second-order valence-corrected chi connectivity index (χ2v) is 6.29. The van der Waals surface area contributed by atoms with Crippen LogP contribution in [0.4, 0.5) is 0 Å². The van der Waals surface area contributed by atoms with Crippen LogP contribution in [0.15, 0.2) is 16.8 Å². The molecule has 1 fully saturated rings. The number of nitrogens with zero attached hydrogens (tertiary/aromatic N) is 3. The molecule has 104 valence electrons. The topological polar surface area (TPSA) is 78.5 Å². The van der Waals surface area contributed by atoms with Gasteiger partial charge in [-0.15, -0.1) is 0 Å². The molecule has 0 saturated heterocycles. The molecule has 0 unspecified atom stereocenters. The van der Waals surface area contributed by atoms with E-state index in [1.807, 2.05) is 11.8 Å². The molecule has 1 N–H and O–H groups in total. The second kappa shape index (κ2) is 6.14. The van der Waals surface area contributed by atoms with Gasteiger partial charge < -0.3 is 9.51 Å². The number of nitriles is 1. The van der Waals surface area contributed by atoms with Crippen LogP contribution in [0.1, 0.15) is 43.5 Å². The van der Waals surface area contributed by atoms with Crippen molar-refractivity contribution in [1.29, 1.82) is 5.26 Å².